The van der Waals surface area contributed by atoms with Gasteiger partial charge in [-0.1, -0.05) is 25.0 Å². The smallest absolute Gasteiger partial charge is 0.357 e. The average Bonchev–Trinajstić information content (AvgIpc) is 2.67. The van der Waals surface area contributed by atoms with Gasteiger partial charge in [-0.2, -0.15) is 0 Å². The molecule has 1 heterocycles. The van der Waals surface area contributed by atoms with Crippen molar-refractivity contribution in [2.45, 2.75) is 63.5 Å². The molecule has 1 aliphatic heterocycles. The van der Waals surface area contributed by atoms with Crippen LogP contribution in [0.4, 0.5) is 0 Å². The fourth-order valence-electron chi connectivity index (χ4n) is 3.68. The van der Waals surface area contributed by atoms with E-state index in [9.17, 15) is 9.90 Å². The van der Waals surface area contributed by atoms with Crippen molar-refractivity contribution in [3.05, 3.63) is 34.9 Å². The van der Waals surface area contributed by atoms with Crippen LogP contribution in [0.5, 0.6) is 0 Å². The Bertz CT molecular complexity index is 553. The Labute approximate surface area is 125 Å². The molecule has 2 aliphatic rings. The van der Waals surface area contributed by atoms with E-state index in [4.69, 9.17) is 4.84 Å². The molecule has 2 N–H and O–H groups in total. The zero-order valence-electron chi connectivity index (χ0n) is 12.7. The molecule has 1 saturated carbocycles. The van der Waals surface area contributed by atoms with Gasteiger partial charge in [0.1, 0.15) is 0 Å². The van der Waals surface area contributed by atoms with Gasteiger partial charge in [0.05, 0.1) is 17.2 Å². The fourth-order valence-corrected chi connectivity index (χ4v) is 3.68. The number of carbonyl (C=O) groups excluding carboxylic acids is 1. The average molecular weight is 289 g/mol. The molecule has 21 heavy (non-hydrogen) atoms. The number of hydroxylamine groups is 1. The van der Waals surface area contributed by atoms with Crippen molar-refractivity contribution in [2.75, 3.05) is 0 Å². The highest BCUT2D eigenvalue weighted by molar-refractivity contribution is 5.92. The molecule has 1 aromatic carbocycles. The summed E-state index contributed by atoms with van der Waals surface area (Å²) < 4.78 is 0. The van der Waals surface area contributed by atoms with E-state index in [2.05, 4.69) is 11.5 Å². The summed E-state index contributed by atoms with van der Waals surface area (Å²) in [4.78, 5) is 17.1. The van der Waals surface area contributed by atoms with Crippen LogP contribution in [0.15, 0.2) is 18.2 Å². The molecule has 0 aromatic heterocycles. The molecule has 114 valence electrons. The van der Waals surface area contributed by atoms with Gasteiger partial charge in [-0.3, -0.25) is 0 Å². The molecule has 2 unspecified atom stereocenters. The third-order valence-corrected chi connectivity index (χ3v) is 4.68. The first-order valence-electron chi connectivity index (χ1n) is 7.79. The van der Waals surface area contributed by atoms with Crippen molar-refractivity contribution < 1.29 is 14.7 Å². The van der Waals surface area contributed by atoms with Gasteiger partial charge in [-0.25, -0.2) is 4.79 Å². The van der Waals surface area contributed by atoms with Gasteiger partial charge in [0.25, 0.3) is 0 Å². The molecule has 2 atom stereocenters. The molecule has 0 bridgehead atoms. The number of nitrogens with one attached hydrogen (secondary N) is 1. The van der Waals surface area contributed by atoms with Crippen LogP contribution in [-0.4, -0.2) is 17.2 Å². The molecule has 1 aliphatic carbocycles. The molecular formula is C17H23NO3. The number of carbonyl (C=O) groups is 1. The first kappa shape index (κ1) is 14.5. The maximum Gasteiger partial charge on any atom is 0.357 e. The number of hydrogen-bond acceptors (Lipinski definition) is 4. The zero-order chi connectivity index (χ0) is 15.0. The normalized spacial score (nSPS) is 28.4. The van der Waals surface area contributed by atoms with Crippen LogP contribution in [0.1, 0.15) is 73.4 Å². The quantitative estimate of drug-likeness (QED) is 0.780. The van der Waals surface area contributed by atoms with Gasteiger partial charge in [-0.15, -0.1) is 5.48 Å². The van der Waals surface area contributed by atoms with E-state index in [0.29, 0.717) is 11.5 Å². The Morgan fingerprint density at radius 2 is 2.05 bits per heavy atom. The Morgan fingerprint density at radius 3 is 2.86 bits per heavy atom. The van der Waals surface area contributed by atoms with Crippen molar-refractivity contribution in [1.82, 2.24) is 5.48 Å². The molecule has 4 nitrogen and oxygen atoms in total. The number of rotatable bonds is 1. The lowest BCUT2D eigenvalue weighted by atomic mass is 9.78. The SMILES string of the molecule is CC1(C)NOC(=O)c2cccc(C3CCCCC(O)C3)c21. The van der Waals surface area contributed by atoms with E-state index in [0.717, 1.165) is 37.7 Å². The summed E-state index contributed by atoms with van der Waals surface area (Å²) >= 11 is 0. The Balaban J connectivity index is 2.07. The second-order valence-electron chi connectivity index (χ2n) is 6.76. The fraction of sp³-hybridized carbons (Fsp3) is 0.588. The topological polar surface area (TPSA) is 58.6 Å². The van der Waals surface area contributed by atoms with Crippen molar-refractivity contribution >= 4 is 5.97 Å². The van der Waals surface area contributed by atoms with Crippen molar-refractivity contribution in [1.29, 1.82) is 0 Å². The van der Waals surface area contributed by atoms with E-state index in [-0.39, 0.29) is 12.1 Å². The first-order chi connectivity index (χ1) is 9.99. The Hall–Kier alpha value is -1.39. The standard InChI is InChI=1S/C17H23NO3/c1-17(2)15-13(11-6-3-4-7-12(19)10-11)8-5-9-14(15)16(20)21-18-17/h5,8-9,11-12,18-19H,3-4,6-7,10H2,1-2H3. The summed E-state index contributed by atoms with van der Waals surface area (Å²) in [6.07, 6.45) is 4.70. The van der Waals surface area contributed by atoms with Crippen LogP contribution in [0.2, 0.25) is 0 Å². The van der Waals surface area contributed by atoms with Gasteiger partial charge in [0, 0.05) is 0 Å². The highest BCUT2D eigenvalue weighted by atomic mass is 16.7. The minimum absolute atomic E-state index is 0.236. The highest BCUT2D eigenvalue weighted by Gasteiger charge is 2.37. The predicted molar refractivity (Wildman–Crippen MR) is 79.9 cm³/mol. The summed E-state index contributed by atoms with van der Waals surface area (Å²) in [7, 11) is 0. The van der Waals surface area contributed by atoms with Crippen LogP contribution >= 0.6 is 0 Å². The number of benzene rings is 1. The molecule has 1 fully saturated rings. The van der Waals surface area contributed by atoms with E-state index >= 15 is 0 Å². The number of aliphatic hydroxyl groups is 1. The first-order valence-corrected chi connectivity index (χ1v) is 7.79. The van der Waals surface area contributed by atoms with Gasteiger partial charge < -0.3 is 9.94 Å². The molecule has 0 saturated heterocycles. The maximum atomic E-state index is 12.0. The minimum Gasteiger partial charge on any atom is -0.393 e. The van der Waals surface area contributed by atoms with Crippen LogP contribution in [0.25, 0.3) is 0 Å². The van der Waals surface area contributed by atoms with Gasteiger partial charge >= 0.3 is 5.97 Å². The van der Waals surface area contributed by atoms with Crippen LogP contribution in [-0.2, 0) is 10.4 Å². The minimum atomic E-state index is -0.406. The Kier molecular flexibility index (Phi) is 3.76. The third kappa shape index (κ3) is 2.70. The Morgan fingerprint density at radius 1 is 1.29 bits per heavy atom. The highest BCUT2D eigenvalue weighted by Crippen LogP contribution is 2.40. The number of fused-ring (bicyclic) bond motifs is 1. The summed E-state index contributed by atoms with van der Waals surface area (Å²) in [5, 5.41) is 10.1. The number of aliphatic hydroxyl groups excluding tert-OH is 1. The molecule has 0 spiro atoms. The van der Waals surface area contributed by atoms with Gasteiger partial charge in [-0.05, 0) is 56.2 Å². The summed E-state index contributed by atoms with van der Waals surface area (Å²) in [6.45, 7) is 4.05. The second-order valence-corrected chi connectivity index (χ2v) is 6.76. The van der Waals surface area contributed by atoms with Crippen molar-refractivity contribution in [3.8, 4) is 0 Å². The lowest BCUT2D eigenvalue weighted by Crippen LogP contribution is -2.45. The maximum absolute atomic E-state index is 12.0. The summed E-state index contributed by atoms with van der Waals surface area (Å²) in [5.41, 5.74) is 5.31. The van der Waals surface area contributed by atoms with E-state index in [1.54, 1.807) is 0 Å². The molecular weight excluding hydrogens is 266 g/mol. The largest absolute Gasteiger partial charge is 0.393 e. The summed E-state index contributed by atoms with van der Waals surface area (Å²) in [5.74, 6) is -0.00947. The summed E-state index contributed by atoms with van der Waals surface area (Å²) in [6, 6.07) is 5.86. The molecule has 0 radical (unpaired) electrons. The lowest BCUT2D eigenvalue weighted by molar-refractivity contribution is -0.00843. The third-order valence-electron chi connectivity index (χ3n) is 4.68. The predicted octanol–water partition coefficient (Wildman–Crippen LogP) is 3.01. The van der Waals surface area contributed by atoms with E-state index < -0.39 is 5.54 Å². The zero-order valence-corrected chi connectivity index (χ0v) is 12.7. The van der Waals surface area contributed by atoms with E-state index in [1.165, 1.54) is 5.56 Å². The van der Waals surface area contributed by atoms with Gasteiger partial charge in [0.15, 0.2) is 0 Å². The molecule has 4 heteroatoms. The van der Waals surface area contributed by atoms with E-state index in [1.807, 2.05) is 26.0 Å². The van der Waals surface area contributed by atoms with Gasteiger partial charge in [0.2, 0.25) is 0 Å². The molecule has 1 aromatic rings. The van der Waals surface area contributed by atoms with Crippen LogP contribution in [0, 0.1) is 0 Å². The second kappa shape index (κ2) is 5.43. The monoisotopic (exact) mass is 289 g/mol. The lowest BCUT2D eigenvalue weighted by Gasteiger charge is -2.35. The van der Waals surface area contributed by atoms with Crippen molar-refractivity contribution in [2.24, 2.45) is 0 Å². The van der Waals surface area contributed by atoms with Crippen molar-refractivity contribution in [3.63, 3.8) is 0 Å². The molecule has 0 amide bonds. The van der Waals surface area contributed by atoms with Crippen LogP contribution < -0.4 is 5.48 Å². The number of hydrogen-bond donors (Lipinski definition) is 2. The molecule has 3 rings (SSSR count). The van der Waals surface area contributed by atoms with Crippen LogP contribution in [0.3, 0.4) is 0 Å².